The predicted molar refractivity (Wildman–Crippen MR) is 57.4 cm³/mol. The number of carbonyl (C=O) groups is 1. The highest BCUT2D eigenvalue weighted by molar-refractivity contribution is 5.73. The van der Waals surface area contributed by atoms with Gasteiger partial charge in [0.1, 0.15) is 13.1 Å². The highest BCUT2D eigenvalue weighted by Crippen LogP contribution is 2.22. The smallest absolute Gasteiger partial charge is 0.405 e. The van der Waals surface area contributed by atoms with E-state index in [9.17, 15) is 18.0 Å². The van der Waals surface area contributed by atoms with Crippen LogP contribution in [0.3, 0.4) is 0 Å². The topological polar surface area (TPSA) is 66.3 Å². The third-order valence-corrected chi connectivity index (χ3v) is 2.05. The van der Waals surface area contributed by atoms with Crippen molar-refractivity contribution in [1.29, 1.82) is 0 Å². The van der Waals surface area contributed by atoms with E-state index in [1.807, 2.05) is 0 Å². The quantitative estimate of drug-likeness (QED) is 0.892. The van der Waals surface area contributed by atoms with Crippen LogP contribution in [0.4, 0.5) is 19.0 Å². The van der Waals surface area contributed by atoms with E-state index in [0.29, 0.717) is 10.6 Å². The third kappa shape index (κ3) is 4.19. The Balaban J connectivity index is 3.08. The van der Waals surface area contributed by atoms with Crippen molar-refractivity contribution in [3.63, 3.8) is 0 Å². The van der Waals surface area contributed by atoms with E-state index in [4.69, 9.17) is 5.11 Å². The Hall–Kier alpha value is -1.86. The van der Waals surface area contributed by atoms with Crippen LogP contribution in [0.25, 0.3) is 0 Å². The lowest BCUT2D eigenvalue weighted by Crippen LogP contribution is -2.39. The fraction of sp³-hybridized carbons (Fsp3) is 0.500. The van der Waals surface area contributed by atoms with Crippen LogP contribution < -0.4 is 4.90 Å². The molecule has 0 bridgehead atoms. The first kappa shape index (κ1) is 14.2. The molecule has 1 N–H and O–H groups in total. The molecule has 1 rings (SSSR count). The molecule has 1 aromatic heterocycles. The molecule has 0 amide bonds. The third-order valence-electron chi connectivity index (χ3n) is 2.05. The van der Waals surface area contributed by atoms with Crippen LogP contribution >= 0.6 is 0 Å². The largest absolute Gasteiger partial charge is 0.480 e. The maximum Gasteiger partial charge on any atom is 0.405 e. The van der Waals surface area contributed by atoms with E-state index in [1.165, 1.54) is 13.1 Å². The van der Waals surface area contributed by atoms with Gasteiger partial charge in [-0.2, -0.15) is 13.2 Å². The predicted octanol–water partition coefficient (Wildman–Crippen LogP) is 1.55. The molecule has 8 heteroatoms. The zero-order chi connectivity index (χ0) is 13.9. The van der Waals surface area contributed by atoms with Crippen LogP contribution in [0.2, 0.25) is 0 Å². The number of carboxylic acid groups (broad SMARTS) is 1. The summed E-state index contributed by atoms with van der Waals surface area (Å²) >= 11 is 0. The first-order chi connectivity index (χ1) is 8.19. The Morgan fingerprint density at radius 1 is 1.44 bits per heavy atom. The minimum atomic E-state index is -4.51. The normalized spacial score (nSPS) is 11.4. The number of aliphatic carboxylic acids is 1. The van der Waals surface area contributed by atoms with E-state index >= 15 is 0 Å². The fourth-order valence-corrected chi connectivity index (χ4v) is 1.41. The molecule has 0 aromatic carbocycles. The highest BCUT2D eigenvalue weighted by atomic mass is 19.4. The Kier molecular flexibility index (Phi) is 4.10. The molecule has 18 heavy (non-hydrogen) atoms. The Morgan fingerprint density at radius 3 is 2.56 bits per heavy atom. The first-order valence-electron chi connectivity index (χ1n) is 5.03. The van der Waals surface area contributed by atoms with E-state index in [-0.39, 0.29) is 11.5 Å². The molecule has 5 nitrogen and oxygen atoms in total. The maximum atomic E-state index is 12.4. The van der Waals surface area contributed by atoms with Gasteiger partial charge >= 0.3 is 12.1 Å². The standard InChI is InChI=1S/C10H12F3N3O2/c1-6-3-14-7(2)9(15-6)16(4-8(17)18)5-10(11,12)13/h3H,4-5H2,1-2H3,(H,17,18). The molecular weight excluding hydrogens is 251 g/mol. The van der Waals surface area contributed by atoms with Crippen LogP contribution in [0.15, 0.2) is 6.20 Å². The van der Waals surface area contributed by atoms with Gasteiger partial charge in [0.15, 0.2) is 5.82 Å². The van der Waals surface area contributed by atoms with Gasteiger partial charge in [-0.15, -0.1) is 0 Å². The summed E-state index contributed by atoms with van der Waals surface area (Å²) in [6, 6.07) is 0. The molecule has 0 atom stereocenters. The number of hydrogen-bond acceptors (Lipinski definition) is 4. The van der Waals surface area contributed by atoms with Gasteiger partial charge in [0.2, 0.25) is 0 Å². The highest BCUT2D eigenvalue weighted by Gasteiger charge is 2.33. The van der Waals surface area contributed by atoms with Gasteiger partial charge in [0.05, 0.1) is 11.4 Å². The number of halogens is 3. The van der Waals surface area contributed by atoms with Crippen LogP contribution in [0.5, 0.6) is 0 Å². The molecule has 0 unspecified atom stereocenters. The Morgan fingerprint density at radius 2 is 2.06 bits per heavy atom. The van der Waals surface area contributed by atoms with Crippen molar-refractivity contribution in [2.45, 2.75) is 20.0 Å². The monoisotopic (exact) mass is 263 g/mol. The molecule has 0 saturated heterocycles. The van der Waals surface area contributed by atoms with Gasteiger partial charge in [-0.3, -0.25) is 9.78 Å². The molecule has 0 aliphatic heterocycles. The molecule has 0 spiro atoms. The first-order valence-corrected chi connectivity index (χ1v) is 5.03. The SMILES string of the molecule is Cc1cnc(C)c(N(CC(=O)O)CC(F)(F)F)n1. The Labute approximate surface area is 101 Å². The lowest BCUT2D eigenvalue weighted by Gasteiger charge is -2.24. The number of rotatable bonds is 4. The minimum Gasteiger partial charge on any atom is -0.480 e. The summed E-state index contributed by atoms with van der Waals surface area (Å²) in [5, 5.41) is 8.65. The second-order valence-electron chi connectivity index (χ2n) is 3.79. The number of nitrogens with zero attached hydrogens (tertiary/aromatic N) is 3. The number of alkyl halides is 3. The van der Waals surface area contributed by atoms with Gasteiger partial charge in [-0.1, -0.05) is 0 Å². The minimum absolute atomic E-state index is 0.0604. The number of aromatic nitrogens is 2. The number of hydrogen-bond donors (Lipinski definition) is 1. The van der Waals surface area contributed by atoms with Gasteiger partial charge < -0.3 is 10.0 Å². The second-order valence-corrected chi connectivity index (χ2v) is 3.79. The number of aryl methyl sites for hydroxylation is 2. The molecule has 0 radical (unpaired) electrons. The molecule has 1 aromatic rings. The van der Waals surface area contributed by atoms with Crippen LogP contribution in [0, 0.1) is 13.8 Å². The maximum absolute atomic E-state index is 12.4. The molecule has 0 aliphatic rings. The zero-order valence-electron chi connectivity index (χ0n) is 9.82. The van der Waals surface area contributed by atoms with E-state index < -0.39 is 25.2 Å². The number of anilines is 1. The van der Waals surface area contributed by atoms with Crippen molar-refractivity contribution in [3.8, 4) is 0 Å². The van der Waals surface area contributed by atoms with Crippen LogP contribution in [-0.2, 0) is 4.79 Å². The van der Waals surface area contributed by atoms with Gasteiger partial charge in [0.25, 0.3) is 0 Å². The molecule has 0 aliphatic carbocycles. The lowest BCUT2D eigenvalue weighted by molar-refractivity contribution is -0.136. The summed E-state index contributed by atoms with van der Waals surface area (Å²) in [4.78, 5) is 19.0. The molecular formula is C10H12F3N3O2. The van der Waals surface area contributed by atoms with E-state index in [0.717, 1.165) is 0 Å². The van der Waals surface area contributed by atoms with E-state index in [1.54, 1.807) is 6.92 Å². The average molecular weight is 263 g/mol. The second kappa shape index (κ2) is 5.19. The van der Waals surface area contributed by atoms with Crippen LogP contribution in [-0.4, -0.2) is 40.3 Å². The van der Waals surface area contributed by atoms with Crippen molar-refractivity contribution in [1.82, 2.24) is 9.97 Å². The Bertz CT molecular complexity index is 448. The van der Waals surface area contributed by atoms with Crippen molar-refractivity contribution in [2.75, 3.05) is 18.0 Å². The lowest BCUT2D eigenvalue weighted by atomic mass is 10.3. The zero-order valence-corrected chi connectivity index (χ0v) is 9.82. The molecule has 0 fully saturated rings. The van der Waals surface area contributed by atoms with Crippen molar-refractivity contribution in [3.05, 3.63) is 17.6 Å². The molecule has 100 valence electrons. The van der Waals surface area contributed by atoms with Crippen molar-refractivity contribution in [2.24, 2.45) is 0 Å². The summed E-state index contributed by atoms with van der Waals surface area (Å²) < 4.78 is 37.2. The average Bonchev–Trinajstić information content (AvgIpc) is 2.18. The van der Waals surface area contributed by atoms with Crippen molar-refractivity contribution >= 4 is 11.8 Å². The summed E-state index contributed by atoms with van der Waals surface area (Å²) in [5.74, 6) is -1.42. The van der Waals surface area contributed by atoms with Gasteiger partial charge in [-0.25, -0.2) is 4.98 Å². The summed E-state index contributed by atoms with van der Waals surface area (Å²) in [5.41, 5.74) is 0.680. The summed E-state index contributed by atoms with van der Waals surface area (Å²) in [7, 11) is 0. The van der Waals surface area contributed by atoms with Crippen LogP contribution in [0.1, 0.15) is 11.4 Å². The van der Waals surface area contributed by atoms with Crippen molar-refractivity contribution < 1.29 is 23.1 Å². The molecule has 1 heterocycles. The molecule has 0 saturated carbocycles. The summed E-state index contributed by atoms with van der Waals surface area (Å²) in [6.45, 7) is 0.895. The summed E-state index contributed by atoms with van der Waals surface area (Å²) in [6.07, 6.45) is -3.10. The van der Waals surface area contributed by atoms with E-state index in [2.05, 4.69) is 9.97 Å². The van der Waals surface area contributed by atoms with Gasteiger partial charge in [-0.05, 0) is 13.8 Å². The van der Waals surface area contributed by atoms with Gasteiger partial charge in [0, 0.05) is 6.20 Å². The fourth-order valence-electron chi connectivity index (χ4n) is 1.41. The number of carboxylic acids is 1.